The SMILES string of the molecule is O=C1NC(=O)C(Cc2cnc3cc(OCc4cccnc4)ccc3c2)S1. The average molecular weight is 365 g/mol. The molecular weight excluding hydrogens is 350 g/mol. The lowest BCUT2D eigenvalue weighted by atomic mass is 10.1. The topological polar surface area (TPSA) is 81.2 Å². The van der Waals surface area contributed by atoms with Gasteiger partial charge in [0.15, 0.2) is 0 Å². The number of nitrogens with one attached hydrogen (secondary N) is 1. The number of hydrogen-bond acceptors (Lipinski definition) is 6. The molecule has 0 aliphatic carbocycles. The lowest BCUT2D eigenvalue weighted by molar-refractivity contribution is -0.118. The minimum atomic E-state index is -0.385. The van der Waals surface area contributed by atoms with E-state index in [0.717, 1.165) is 39.5 Å². The Hall–Kier alpha value is -2.93. The Morgan fingerprint density at radius 1 is 1.12 bits per heavy atom. The van der Waals surface area contributed by atoms with Crippen LogP contribution in [0, 0.1) is 0 Å². The maximum absolute atomic E-state index is 11.7. The second kappa shape index (κ2) is 7.13. The molecule has 1 saturated heterocycles. The maximum atomic E-state index is 11.7. The van der Waals surface area contributed by atoms with Crippen LogP contribution in [0.4, 0.5) is 4.79 Å². The Bertz CT molecular complexity index is 978. The zero-order chi connectivity index (χ0) is 17.9. The normalized spacial score (nSPS) is 16.7. The van der Waals surface area contributed by atoms with Crippen LogP contribution in [-0.2, 0) is 17.8 Å². The number of imide groups is 1. The summed E-state index contributed by atoms with van der Waals surface area (Å²) in [5.41, 5.74) is 2.73. The van der Waals surface area contributed by atoms with Crippen LogP contribution in [0.2, 0.25) is 0 Å². The molecule has 0 spiro atoms. The molecular formula is C19H15N3O3S. The van der Waals surface area contributed by atoms with Gasteiger partial charge in [-0.15, -0.1) is 0 Å². The van der Waals surface area contributed by atoms with Gasteiger partial charge in [0.1, 0.15) is 12.4 Å². The van der Waals surface area contributed by atoms with E-state index in [9.17, 15) is 9.59 Å². The van der Waals surface area contributed by atoms with Crippen molar-refractivity contribution in [1.29, 1.82) is 0 Å². The predicted molar refractivity (Wildman–Crippen MR) is 98.9 cm³/mol. The second-order valence-corrected chi connectivity index (χ2v) is 7.11. The van der Waals surface area contributed by atoms with Gasteiger partial charge < -0.3 is 4.74 Å². The molecule has 1 atom stereocenters. The summed E-state index contributed by atoms with van der Waals surface area (Å²) in [4.78, 5) is 31.5. The molecule has 0 radical (unpaired) electrons. The minimum absolute atomic E-state index is 0.237. The number of thioether (sulfide) groups is 1. The lowest BCUT2D eigenvalue weighted by Gasteiger charge is -2.09. The van der Waals surface area contributed by atoms with Crippen LogP contribution in [0.15, 0.2) is 55.0 Å². The van der Waals surface area contributed by atoms with Gasteiger partial charge >= 0.3 is 0 Å². The number of nitrogens with zero attached hydrogens (tertiary/aromatic N) is 2. The molecule has 0 saturated carbocycles. The number of benzene rings is 1. The van der Waals surface area contributed by atoms with E-state index in [1.165, 1.54) is 0 Å². The number of ether oxygens (including phenoxy) is 1. The quantitative estimate of drug-likeness (QED) is 0.748. The molecule has 1 N–H and O–H groups in total. The van der Waals surface area contributed by atoms with E-state index in [-0.39, 0.29) is 16.4 Å². The van der Waals surface area contributed by atoms with Crippen molar-refractivity contribution in [2.75, 3.05) is 0 Å². The Labute approximate surface area is 154 Å². The van der Waals surface area contributed by atoms with Gasteiger partial charge in [0.05, 0.1) is 10.8 Å². The lowest BCUT2D eigenvalue weighted by Crippen LogP contribution is -2.25. The van der Waals surface area contributed by atoms with Crippen molar-refractivity contribution in [2.45, 2.75) is 18.3 Å². The first kappa shape index (κ1) is 16.5. The number of pyridine rings is 2. The highest BCUT2D eigenvalue weighted by atomic mass is 32.2. The zero-order valence-corrected chi connectivity index (χ0v) is 14.5. The molecule has 7 heteroatoms. The molecule has 1 unspecified atom stereocenters. The van der Waals surface area contributed by atoms with Gasteiger partial charge in [-0.3, -0.25) is 24.9 Å². The molecule has 1 fully saturated rings. The van der Waals surface area contributed by atoms with E-state index in [0.29, 0.717) is 13.0 Å². The predicted octanol–water partition coefficient (Wildman–Crippen LogP) is 3.10. The highest BCUT2D eigenvalue weighted by Gasteiger charge is 2.31. The molecule has 4 rings (SSSR count). The summed E-state index contributed by atoms with van der Waals surface area (Å²) in [6.07, 6.45) is 5.71. The van der Waals surface area contributed by atoms with E-state index < -0.39 is 0 Å². The molecule has 3 aromatic rings. The third kappa shape index (κ3) is 3.67. The average Bonchev–Trinajstić information content (AvgIpc) is 2.97. The van der Waals surface area contributed by atoms with E-state index in [2.05, 4.69) is 15.3 Å². The first-order chi connectivity index (χ1) is 12.7. The molecule has 130 valence electrons. The standard InChI is InChI=1S/C19H15N3O3S/c23-18-17(26-19(24)22-18)7-13-6-14-3-4-15(8-16(14)21-10-13)25-11-12-2-1-5-20-9-12/h1-6,8-10,17H,7,11H2,(H,22,23,24). The van der Waals surface area contributed by atoms with Crippen molar-refractivity contribution in [2.24, 2.45) is 0 Å². The maximum Gasteiger partial charge on any atom is 0.286 e. The summed E-state index contributed by atoms with van der Waals surface area (Å²) in [6.45, 7) is 0.444. The van der Waals surface area contributed by atoms with Crippen molar-refractivity contribution in [3.63, 3.8) is 0 Å². The fraction of sp³-hybridized carbons (Fsp3) is 0.158. The molecule has 1 aliphatic rings. The van der Waals surface area contributed by atoms with Gasteiger partial charge in [0.25, 0.3) is 5.24 Å². The fourth-order valence-corrected chi connectivity index (χ4v) is 3.60. The molecule has 1 aliphatic heterocycles. The van der Waals surface area contributed by atoms with Crippen molar-refractivity contribution < 1.29 is 14.3 Å². The Morgan fingerprint density at radius 3 is 2.81 bits per heavy atom. The number of carbonyl (C=O) groups excluding carboxylic acids is 2. The summed E-state index contributed by atoms with van der Waals surface area (Å²) in [6, 6.07) is 11.5. The highest BCUT2D eigenvalue weighted by molar-refractivity contribution is 8.15. The summed E-state index contributed by atoms with van der Waals surface area (Å²) < 4.78 is 5.79. The van der Waals surface area contributed by atoms with Gasteiger partial charge in [-0.05, 0) is 36.2 Å². The Kier molecular flexibility index (Phi) is 4.53. The third-order valence-electron chi connectivity index (χ3n) is 4.03. The van der Waals surface area contributed by atoms with Gasteiger partial charge in [0, 0.05) is 35.6 Å². The van der Waals surface area contributed by atoms with E-state index in [1.54, 1.807) is 18.6 Å². The van der Waals surface area contributed by atoms with Gasteiger partial charge in [-0.25, -0.2) is 0 Å². The fourth-order valence-electron chi connectivity index (χ4n) is 2.74. The first-order valence-electron chi connectivity index (χ1n) is 8.09. The van der Waals surface area contributed by atoms with Gasteiger partial charge in [-0.1, -0.05) is 17.8 Å². The van der Waals surface area contributed by atoms with Crippen LogP contribution < -0.4 is 10.1 Å². The monoisotopic (exact) mass is 365 g/mol. The van der Waals surface area contributed by atoms with Crippen LogP contribution in [0.1, 0.15) is 11.1 Å². The molecule has 26 heavy (non-hydrogen) atoms. The van der Waals surface area contributed by atoms with E-state index in [4.69, 9.17) is 4.74 Å². The number of rotatable bonds is 5. The van der Waals surface area contributed by atoms with E-state index in [1.807, 2.05) is 36.4 Å². The first-order valence-corrected chi connectivity index (χ1v) is 8.97. The molecule has 0 bridgehead atoms. The molecule has 3 heterocycles. The Balaban J connectivity index is 1.47. The van der Waals surface area contributed by atoms with E-state index >= 15 is 0 Å². The number of hydrogen-bond donors (Lipinski definition) is 1. The molecule has 2 aromatic heterocycles. The third-order valence-corrected chi connectivity index (χ3v) is 5.01. The number of aromatic nitrogens is 2. The van der Waals surface area contributed by atoms with Crippen molar-refractivity contribution in [3.05, 3.63) is 66.1 Å². The smallest absolute Gasteiger partial charge is 0.286 e. The highest BCUT2D eigenvalue weighted by Crippen LogP contribution is 2.25. The number of fused-ring (bicyclic) bond motifs is 1. The summed E-state index contributed by atoms with van der Waals surface area (Å²) in [5, 5.41) is 2.59. The zero-order valence-electron chi connectivity index (χ0n) is 13.7. The summed E-state index contributed by atoms with van der Waals surface area (Å²) in [7, 11) is 0. The summed E-state index contributed by atoms with van der Waals surface area (Å²) >= 11 is 1.03. The number of amides is 2. The Morgan fingerprint density at radius 2 is 2.04 bits per heavy atom. The van der Waals surface area contributed by atoms with Crippen molar-refractivity contribution in [1.82, 2.24) is 15.3 Å². The molecule has 1 aromatic carbocycles. The van der Waals surface area contributed by atoms with Gasteiger partial charge in [0.2, 0.25) is 5.91 Å². The molecule has 6 nitrogen and oxygen atoms in total. The van der Waals surface area contributed by atoms with Crippen molar-refractivity contribution in [3.8, 4) is 5.75 Å². The van der Waals surface area contributed by atoms with Crippen LogP contribution in [0.25, 0.3) is 10.9 Å². The van der Waals surface area contributed by atoms with Crippen LogP contribution in [0.5, 0.6) is 5.75 Å². The van der Waals surface area contributed by atoms with Crippen LogP contribution in [0.3, 0.4) is 0 Å². The molecule has 2 amide bonds. The van der Waals surface area contributed by atoms with Crippen LogP contribution >= 0.6 is 11.8 Å². The van der Waals surface area contributed by atoms with Gasteiger partial charge in [-0.2, -0.15) is 0 Å². The number of carbonyl (C=O) groups is 2. The van der Waals surface area contributed by atoms with Crippen molar-refractivity contribution >= 4 is 33.8 Å². The van der Waals surface area contributed by atoms with Crippen LogP contribution in [-0.4, -0.2) is 26.4 Å². The minimum Gasteiger partial charge on any atom is -0.489 e. The largest absolute Gasteiger partial charge is 0.489 e. The summed E-state index contributed by atoms with van der Waals surface area (Å²) in [5.74, 6) is 0.497. The second-order valence-electron chi connectivity index (χ2n) is 5.94.